The zero-order valence-corrected chi connectivity index (χ0v) is 7.49. The second-order valence-corrected chi connectivity index (χ2v) is 2.90. The molecule has 0 unspecified atom stereocenters. The number of halogens is 1. The lowest BCUT2D eigenvalue weighted by Gasteiger charge is -2.06. The van der Waals surface area contributed by atoms with E-state index in [1.807, 2.05) is 13.8 Å². The lowest BCUT2D eigenvalue weighted by molar-refractivity contribution is -0.610. The van der Waals surface area contributed by atoms with Crippen LogP contribution in [0.25, 0.3) is 0 Å². The van der Waals surface area contributed by atoms with Crippen LogP contribution in [0.5, 0.6) is 0 Å². The summed E-state index contributed by atoms with van der Waals surface area (Å²) in [5, 5.41) is 11.2. The number of rotatable bonds is 0. The highest BCUT2D eigenvalue weighted by Crippen LogP contribution is 2.11. The van der Waals surface area contributed by atoms with Gasteiger partial charge in [0.1, 0.15) is 0 Å². The molecule has 1 heterocycles. The summed E-state index contributed by atoms with van der Waals surface area (Å²) in [6.07, 6.45) is 0. The van der Waals surface area contributed by atoms with Crippen LogP contribution in [0.15, 0.2) is 0 Å². The van der Waals surface area contributed by atoms with Crippen LogP contribution in [0.1, 0.15) is 16.8 Å². The van der Waals surface area contributed by atoms with Crippen molar-refractivity contribution in [2.45, 2.75) is 20.8 Å². The molecule has 0 bridgehead atoms. The smallest absolute Gasteiger partial charge is 0.294 e. The number of aryl methyl sites for hydroxylation is 1. The first-order chi connectivity index (χ1) is 5.04. The molecule has 0 aliphatic rings. The number of pyridine rings is 1. The van der Waals surface area contributed by atoms with Gasteiger partial charge in [0.25, 0.3) is 5.15 Å². The molecule has 0 aromatic carbocycles. The van der Waals surface area contributed by atoms with E-state index in [1.54, 1.807) is 6.92 Å². The minimum absolute atomic E-state index is 0.116. The largest absolute Gasteiger partial charge is 0.617 e. The van der Waals surface area contributed by atoms with Gasteiger partial charge >= 0.3 is 0 Å². The molecule has 0 atom stereocenters. The van der Waals surface area contributed by atoms with Gasteiger partial charge in [-0.2, -0.15) is 4.73 Å². The maximum absolute atomic E-state index is 11.1. The molecule has 1 aromatic rings. The molecule has 0 aliphatic heterocycles. The molecule has 1 radical (unpaired) electrons. The standard InChI is InChI=1S/C8H9ClNO/c1-5-4-8(9)10(11)7(3)6(5)2/h1-3H3. The highest BCUT2D eigenvalue weighted by Gasteiger charge is 2.11. The van der Waals surface area contributed by atoms with E-state index >= 15 is 0 Å². The van der Waals surface area contributed by atoms with Crippen LogP contribution in [-0.4, -0.2) is 0 Å². The Morgan fingerprint density at radius 1 is 1.36 bits per heavy atom. The van der Waals surface area contributed by atoms with Crippen molar-refractivity contribution in [3.05, 3.63) is 33.2 Å². The van der Waals surface area contributed by atoms with Crippen LogP contribution in [0, 0.1) is 32.0 Å². The molecule has 1 aromatic heterocycles. The topological polar surface area (TPSA) is 26.9 Å². The van der Waals surface area contributed by atoms with Crippen LogP contribution in [0.3, 0.4) is 0 Å². The Morgan fingerprint density at radius 2 is 1.91 bits per heavy atom. The third-order valence-corrected chi connectivity index (χ3v) is 2.13. The van der Waals surface area contributed by atoms with E-state index in [-0.39, 0.29) is 5.15 Å². The molecule has 3 heteroatoms. The van der Waals surface area contributed by atoms with Crippen LogP contribution < -0.4 is 4.73 Å². The Bertz CT molecular complexity index is 270. The maximum atomic E-state index is 11.1. The molecule has 0 fully saturated rings. The summed E-state index contributed by atoms with van der Waals surface area (Å²) in [6, 6.07) is 2.76. The van der Waals surface area contributed by atoms with Crippen molar-refractivity contribution in [3.8, 4) is 0 Å². The molecule has 2 nitrogen and oxygen atoms in total. The first-order valence-electron chi connectivity index (χ1n) is 3.32. The molecule has 0 spiro atoms. The van der Waals surface area contributed by atoms with Gasteiger partial charge in [0, 0.05) is 12.5 Å². The Labute approximate surface area is 71.0 Å². The van der Waals surface area contributed by atoms with Crippen molar-refractivity contribution in [2.24, 2.45) is 0 Å². The van der Waals surface area contributed by atoms with Crippen LogP contribution in [0.2, 0.25) is 5.15 Å². The van der Waals surface area contributed by atoms with E-state index in [0.29, 0.717) is 10.4 Å². The molecule has 11 heavy (non-hydrogen) atoms. The Morgan fingerprint density at radius 3 is 2.45 bits per heavy atom. The summed E-state index contributed by atoms with van der Waals surface area (Å²) < 4.78 is 0.684. The van der Waals surface area contributed by atoms with Gasteiger partial charge < -0.3 is 5.21 Å². The molecular weight excluding hydrogens is 162 g/mol. The molecule has 0 saturated carbocycles. The third kappa shape index (κ3) is 1.31. The fourth-order valence-electron chi connectivity index (χ4n) is 0.870. The number of aromatic nitrogens is 1. The van der Waals surface area contributed by atoms with E-state index < -0.39 is 0 Å². The average molecular weight is 171 g/mol. The zero-order chi connectivity index (χ0) is 8.59. The minimum atomic E-state index is 0.116. The fraction of sp³-hybridized carbons (Fsp3) is 0.375. The van der Waals surface area contributed by atoms with Gasteiger partial charge in [-0.25, -0.2) is 0 Å². The third-order valence-electron chi connectivity index (χ3n) is 1.88. The highest BCUT2D eigenvalue weighted by atomic mass is 35.5. The van der Waals surface area contributed by atoms with Crippen molar-refractivity contribution in [1.29, 1.82) is 0 Å². The van der Waals surface area contributed by atoms with Crippen molar-refractivity contribution in [1.82, 2.24) is 0 Å². The Balaban J connectivity index is 3.46. The molecule has 0 aliphatic carbocycles. The lowest BCUT2D eigenvalue weighted by atomic mass is 10.1. The van der Waals surface area contributed by atoms with Crippen molar-refractivity contribution in [3.63, 3.8) is 0 Å². The number of nitrogens with zero attached hydrogens (tertiary/aromatic N) is 1. The minimum Gasteiger partial charge on any atom is -0.617 e. The monoisotopic (exact) mass is 170 g/mol. The molecule has 0 saturated heterocycles. The summed E-state index contributed by atoms with van der Waals surface area (Å²) in [4.78, 5) is 0. The predicted octanol–water partition coefficient (Wildman–Crippen LogP) is 1.70. The van der Waals surface area contributed by atoms with Gasteiger partial charge in [-0.05, 0) is 31.0 Å². The van der Waals surface area contributed by atoms with Crippen molar-refractivity contribution in [2.75, 3.05) is 0 Å². The van der Waals surface area contributed by atoms with Gasteiger partial charge in [0.2, 0.25) is 0 Å². The highest BCUT2D eigenvalue weighted by molar-refractivity contribution is 6.28. The van der Waals surface area contributed by atoms with E-state index in [9.17, 15) is 5.21 Å². The van der Waals surface area contributed by atoms with E-state index in [2.05, 4.69) is 6.07 Å². The molecule has 0 N–H and O–H groups in total. The summed E-state index contributed by atoms with van der Waals surface area (Å²) in [5.41, 5.74) is 2.52. The quantitative estimate of drug-likeness (QED) is 0.331. The summed E-state index contributed by atoms with van der Waals surface area (Å²) in [5.74, 6) is 0. The van der Waals surface area contributed by atoms with Gasteiger partial charge in [-0.15, -0.1) is 0 Å². The molecule has 0 amide bonds. The van der Waals surface area contributed by atoms with Gasteiger partial charge in [-0.1, -0.05) is 0 Å². The van der Waals surface area contributed by atoms with Crippen molar-refractivity contribution < 1.29 is 4.73 Å². The SMILES string of the molecule is Cc1[c]c(Cl)[n+]([O-])c(C)c1C. The average Bonchev–Trinajstić information content (AvgIpc) is 1.97. The first-order valence-corrected chi connectivity index (χ1v) is 3.70. The lowest BCUT2D eigenvalue weighted by Crippen LogP contribution is -2.32. The molecular formula is C8H9ClNO. The Kier molecular flexibility index (Phi) is 2.05. The zero-order valence-electron chi connectivity index (χ0n) is 6.73. The van der Waals surface area contributed by atoms with Gasteiger partial charge in [0.05, 0.1) is 6.07 Å². The maximum Gasteiger partial charge on any atom is 0.294 e. The number of hydrogen-bond donors (Lipinski definition) is 0. The second kappa shape index (κ2) is 2.70. The van der Waals surface area contributed by atoms with E-state index in [4.69, 9.17) is 11.6 Å². The summed E-state index contributed by atoms with van der Waals surface area (Å²) in [7, 11) is 0. The second-order valence-electron chi connectivity index (χ2n) is 2.55. The van der Waals surface area contributed by atoms with Gasteiger partial charge in [0.15, 0.2) is 5.69 Å². The van der Waals surface area contributed by atoms with Crippen molar-refractivity contribution >= 4 is 11.6 Å². The van der Waals surface area contributed by atoms with E-state index in [0.717, 1.165) is 11.1 Å². The molecule has 59 valence electrons. The predicted molar refractivity (Wildman–Crippen MR) is 43.5 cm³/mol. The summed E-state index contributed by atoms with van der Waals surface area (Å²) in [6.45, 7) is 5.51. The summed E-state index contributed by atoms with van der Waals surface area (Å²) >= 11 is 5.59. The van der Waals surface area contributed by atoms with Crippen LogP contribution in [0.4, 0.5) is 0 Å². The van der Waals surface area contributed by atoms with Crippen LogP contribution in [-0.2, 0) is 0 Å². The Hall–Kier alpha value is -0.760. The van der Waals surface area contributed by atoms with Gasteiger partial charge in [-0.3, -0.25) is 0 Å². The van der Waals surface area contributed by atoms with Crippen LogP contribution >= 0.6 is 11.6 Å². The van der Waals surface area contributed by atoms with E-state index in [1.165, 1.54) is 0 Å². The number of hydrogen-bond acceptors (Lipinski definition) is 1. The molecule has 1 rings (SSSR count). The first kappa shape index (κ1) is 8.34. The normalized spacial score (nSPS) is 10.2. The fourth-order valence-corrected chi connectivity index (χ4v) is 1.14.